The van der Waals surface area contributed by atoms with E-state index < -0.39 is 0 Å². The molecule has 0 spiro atoms. The van der Waals surface area contributed by atoms with Gasteiger partial charge in [0.1, 0.15) is 5.70 Å². The number of benzene rings is 1. The normalized spacial score (nSPS) is 14.6. The van der Waals surface area contributed by atoms with Crippen LogP contribution in [0.1, 0.15) is 47.4 Å². The fourth-order valence-corrected chi connectivity index (χ4v) is 3.13. The highest BCUT2D eigenvalue weighted by Gasteiger charge is 2.33. The Morgan fingerprint density at radius 2 is 1.45 bits per heavy atom. The highest BCUT2D eigenvalue weighted by Crippen LogP contribution is 2.31. The molecule has 0 atom stereocenters. The van der Waals surface area contributed by atoms with Gasteiger partial charge in [-0.15, -0.1) is 0 Å². The smallest absolute Gasteiger partial charge is 0.211 e. The van der Waals surface area contributed by atoms with Crippen LogP contribution in [-0.4, -0.2) is 29.6 Å². The summed E-state index contributed by atoms with van der Waals surface area (Å²) in [5, 5.41) is 0. The van der Waals surface area contributed by atoms with Gasteiger partial charge >= 0.3 is 0 Å². The maximum Gasteiger partial charge on any atom is 0.211 e. The van der Waals surface area contributed by atoms with E-state index in [9.17, 15) is 9.59 Å². The molecule has 0 bridgehead atoms. The zero-order valence-electron chi connectivity index (χ0n) is 11.8. The van der Waals surface area contributed by atoms with E-state index in [-0.39, 0.29) is 11.6 Å². The molecule has 106 valence electrons. The lowest BCUT2D eigenvalue weighted by atomic mass is 9.92. The third-order valence-electron chi connectivity index (χ3n) is 3.34. The third-order valence-corrected chi connectivity index (χ3v) is 4.08. The maximum atomic E-state index is 12.7. The number of carbonyl (C=O) groups is 2. The molecule has 0 amide bonds. The van der Waals surface area contributed by atoms with E-state index in [4.69, 9.17) is 0 Å². The van der Waals surface area contributed by atoms with Crippen LogP contribution in [0.3, 0.4) is 0 Å². The van der Waals surface area contributed by atoms with Crippen LogP contribution in [0, 0.1) is 0 Å². The first-order valence-electron chi connectivity index (χ1n) is 6.94. The second-order valence-electron chi connectivity index (χ2n) is 4.85. The number of rotatable bonds is 5. The minimum absolute atomic E-state index is 0.0611. The third kappa shape index (κ3) is 2.57. The van der Waals surface area contributed by atoms with E-state index in [0.29, 0.717) is 21.3 Å². The average molecular weight is 336 g/mol. The number of hydrogen-bond acceptors (Lipinski definition) is 3. The Kier molecular flexibility index (Phi) is 4.76. The Hall–Kier alpha value is -1.42. The number of halogens is 1. The van der Waals surface area contributed by atoms with Gasteiger partial charge in [0.15, 0.2) is 0 Å². The van der Waals surface area contributed by atoms with E-state index in [1.807, 2.05) is 4.90 Å². The van der Waals surface area contributed by atoms with Crippen molar-refractivity contribution in [2.45, 2.75) is 26.7 Å². The summed E-state index contributed by atoms with van der Waals surface area (Å²) in [7, 11) is 0. The summed E-state index contributed by atoms with van der Waals surface area (Å²) in [6.45, 7) is 5.69. The van der Waals surface area contributed by atoms with Crippen LogP contribution < -0.4 is 0 Å². The molecule has 0 aromatic heterocycles. The van der Waals surface area contributed by atoms with E-state index in [2.05, 4.69) is 29.8 Å². The standard InChI is InChI=1S/C16H18BrNO2/c1-3-9-18(10-4-2)14-13(17)15(19)11-7-5-6-8-12(11)16(14)20/h5-8H,3-4,9-10H2,1-2H3. The molecule has 3 nitrogen and oxygen atoms in total. The van der Waals surface area contributed by atoms with Crippen molar-refractivity contribution in [3.05, 3.63) is 45.6 Å². The topological polar surface area (TPSA) is 37.4 Å². The van der Waals surface area contributed by atoms with Crippen molar-refractivity contribution in [2.24, 2.45) is 0 Å². The van der Waals surface area contributed by atoms with Gasteiger partial charge in [0.25, 0.3) is 0 Å². The van der Waals surface area contributed by atoms with Gasteiger partial charge < -0.3 is 4.90 Å². The minimum atomic E-state index is -0.104. The predicted octanol–water partition coefficient (Wildman–Crippen LogP) is 3.79. The van der Waals surface area contributed by atoms with Crippen molar-refractivity contribution in [1.29, 1.82) is 0 Å². The highest BCUT2D eigenvalue weighted by atomic mass is 79.9. The van der Waals surface area contributed by atoms with Gasteiger partial charge in [0.05, 0.1) is 4.48 Å². The number of Topliss-reactive ketones (excluding diaryl/α,β-unsaturated/α-hetero) is 2. The summed E-state index contributed by atoms with van der Waals surface area (Å²) >= 11 is 3.34. The molecule has 1 aromatic carbocycles. The Morgan fingerprint density at radius 1 is 0.950 bits per heavy atom. The lowest BCUT2D eigenvalue weighted by Crippen LogP contribution is -2.34. The molecule has 0 saturated heterocycles. The molecule has 1 aliphatic carbocycles. The van der Waals surface area contributed by atoms with E-state index in [0.717, 1.165) is 25.9 Å². The average Bonchev–Trinajstić information content (AvgIpc) is 2.45. The van der Waals surface area contributed by atoms with Crippen molar-refractivity contribution in [1.82, 2.24) is 4.90 Å². The molecule has 0 N–H and O–H groups in total. The molecule has 1 aromatic rings. The molecule has 2 rings (SSSR count). The Morgan fingerprint density at radius 3 is 1.95 bits per heavy atom. The maximum absolute atomic E-state index is 12.7. The summed E-state index contributed by atoms with van der Waals surface area (Å²) in [6.07, 6.45) is 1.87. The first kappa shape index (κ1) is 15.0. The zero-order valence-corrected chi connectivity index (χ0v) is 13.4. The molecule has 0 fully saturated rings. The number of ketones is 2. The first-order chi connectivity index (χ1) is 9.61. The molecule has 20 heavy (non-hydrogen) atoms. The molecular formula is C16H18BrNO2. The Labute approximate surface area is 127 Å². The van der Waals surface area contributed by atoms with Gasteiger partial charge in [-0.25, -0.2) is 0 Å². The number of fused-ring (bicyclic) bond motifs is 1. The van der Waals surface area contributed by atoms with Crippen LogP contribution in [0.15, 0.2) is 34.4 Å². The quantitative estimate of drug-likeness (QED) is 0.821. The number of nitrogens with zero attached hydrogens (tertiary/aromatic N) is 1. The van der Waals surface area contributed by atoms with Crippen LogP contribution in [-0.2, 0) is 0 Å². The second kappa shape index (κ2) is 6.35. The van der Waals surface area contributed by atoms with Gasteiger partial charge in [-0.1, -0.05) is 38.1 Å². The molecule has 0 saturated carbocycles. The number of hydrogen-bond donors (Lipinski definition) is 0. The van der Waals surface area contributed by atoms with Crippen LogP contribution in [0.5, 0.6) is 0 Å². The molecule has 0 unspecified atom stereocenters. The molecule has 0 heterocycles. The van der Waals surface area contributed by atoms with Gasteiger partial charge in [0.2, 0.25) is 11.6 Å². The van der Waals surface area contributed by atoms with Crippen molar-refractivity contribution in [3.8, 4) is 0 Å². The zero-order chi connectivity index (χ0) is 14.7. The second-order valence-corrected chi connectivity index (χ2v) is 5.65. The van der Waals surface area contributed by atoms with Crippen LogP contribution in [0.4, 0.5) is 0 Å². The van der Waals surface area contributed by atoms with Crippen LogP contribution in [0.2, 0.25) is 0 Å². The molecule has 0 radical (unpaired) electrons. The summed E-state index contributed by atoms with van der Waals surface area (Å²) < 4.78 is 0.392. The summed E-state index contributed by atoms with van der Waals surface area (Å²) in [6, 6.07) is 7.01. The van der Waals surface area contributed by atoms with Crippen molar-refractivity contribution in [3.63, 3.8) is 0 Å². The lowest BCUT2D eigenvalue weighted by Gasteiger charge is -2.29. The van der Waals surface area contributed by atoms with Crippen LogP contribution in [0.25, 0.3) is 0 Å². The molecule has 0 aliphatic heterocycles. The fourth-order valence-electron chi connectivity index (χ4n) is 2.49. The molecule has 1 aliphatic rings. The van der Waals surface area contributed by atoms with Gasteiger partial charge in [0, 0.05) is 24.2 Å². The SMILES string of the molecule is CCCN(CCC)C1=C(Br)C(=O)c2ccccc2C1=O. The highest BCUT2D eigenvalue weighted by molar-refractivity contribution is 9.12. The van der Waals surface area contributed by atoms with E-state index in [1.165, 1.54) is 0 Å². The van der Waals surface area contributed by atoms with Gasteiger partial charge in [-0.3, -0.25) is 9.59 Å². The van der Waals surface area contributed by atoms with Crippen molar-refractivity contribution in [2.75, 3.05) is 13.1 Å². The molecule has 4 heteroatoms. The molecular weight excluding hydrogens is 318 g/mol. The van der Waals surface area contributed by atoms with Crippen molar-refractivity contribution < 1.29 is 9.59 Å². The number of allylic oxidation sites excluding steroid dienone is 2. The fraction of sp³-hybridized carbons (Fsp3) is 0.375. The van der Waals surface area contributed by atoms with E-state index >= 15 is 0 Å². The Balaban J connectivity index is 2.50. The van der Waals surface area contributed by atoms with Gasteiger partial charge in [-0.05, 0) is 28.8 Å². The minimum Gasteiger partial charge on any atom is -0.367 e. The summed E-state index contributed by atoms with van der Waals surface area (Å²) in [5.74, 6) is -0.165. The first-order valence-corrected chi connectivity index (χ1v) is 7.74. The van der Waals surface area contributed by atoms with Gasteiger partial charge in [-0.2, -0.15) is 0 Å². The largest absolute Gasteiger partial charge is 0.367 e. The summed E-state index contributed by atoms with van der Waals surface area (Å²) in [5.41, 5.74) is 1.51. The lowest BCUT2D eigenvalue weighted by molar-refractivity contribution is 0.0948. The summed E-state index contributed by atoms with van der Waals surface area (Å²) in [4.78, 5) is 27.1. The van der Waals surface area contributed by atoms with E-state index in [1.54, 1.807) is 24.3 Å². The van der Waals surface area contributed by atoms with Crippen molar-refractivity contribution >= 4 is 27.5 Å². The number of carbonyl (C=O) groups excluding carboxylic acids is 2. The Bertz CT molecular complexity index is 572. The monoisotopic (exact) mass is 335 g/mol. The predicted molar refractivity (Wildman–Crippen MR) is 83.2 cm³/mol. The van der Waals surface area contributed by atoms with Crippen LogP contribution >= 0.6 is 15.9 Å².